The van der Waals surface area contributed by atoms with Crippen molar-refractivity contribution in [2.75, 3.05) is 32.0 Å². The van der Waals surface area contributed by atoms with Crippen molar-refractivity contribution in [3.8, 4) is 0 Å². The highest BCUT2D eigenvalue weighted by Gasteiger charge is 2.28. The summed E-state index contributed by atoms with van der Waals surface area (Å²) in [6.45, 7) is -1.88. The van der Waals surface area contributed by atoms with Gasteiger partial charge in [0, 0.05) is 12.7 Å². The summed E-state index contributed by atoms with van der Waals surface area (Å²) in [5.41, 5.74) is 0.737. The lowest BCUT2D eigenvalue weighted by Crippen LogP contribution is -2.43. The third-order valence-electron chi connectivity index (χ3n) is 2.51. The second-order valence-corrected chi connectivity index (χ2v) is 4.36. The van der Waals surface area contributed by atoms with Crippen molar-refractivity contribution in [2.45, 2.75) is 6.18 Å². The van der Waals surface area contributed by atoms with Gasteiger partial charge in [0.05, 0.1) is 13.1 Å². The summed E-state index contributed by atoms with van der Waals surface area (Å²) in [4.78, 5) is 24.0. The first-order valence-electron chi connectivity index (χ1n) is 6.14. The normalized spacial score (nSPS) is 10.9. The molecule has 0 bridgehead atoms. The molecule has 2 amide bonds. The van der Waals surface area contributed by atoms with Crippen molar-refractivity contribution in [1.82, 2.24) is 10.2 Å². The number of alkyl halides is 3. The lowest BCUT2D eigenvalue weighted by molar-refractivity contribution is -0.141. The van der Waals surface area contributed by atoms with Crippen LogP contribution in [-0.2, 0) is 9.59 Å². The summed E-state index contributed by atoms with van der Waals surface area (Å²) in [7, 11) is 1.35. The largest absolute Gasteiger partial charge is 0.405 e. The predicted octanol–water partition coefficient (Wildman–Crippen LogP) is 1.24. The molecule has 8 heteroatoms. The fraction of sp³-hybridized carbons (Fsp3) is 0.385. The third kappa shape index (κ3) is 7.19. The maximum Gasteiger partial charge on any atom is 0.405 e. The number of amides is 2. The van der Waals surface area contributed by atoms with E-state index in [-0.39, 0.29) is 6.54 Å². The van der Waals surface area contributed by atoms with Crippen LogP contribution in [0.15, 0.2) is 30.3 Å². The smallest absolute Gasteiger partial charge is 0.376 e. The molecular formula is C13H16F3N3O2. The van der Waals surface area contributed by atoms with E-state index >= 15 is 0 Å². The molecule has 0 aliphatic heterocycles. The van der Waals surface area contributed by atoms with Gasteiger partial charge < -0.3 is 15.5 Å². The molecule has 0 radical (unpaired) electrons. The Kier molecular flexibility index (Phi) is 6.01. The molecule has 0 fully saturated rings. The van der Waals surface area contributed by atoms with Gasteiger partial charge in [0.2, 0.25) is 11.8 Å². The van der Waals surface area contributed by atoms with Gasteiger partial charge in [-0.25, -0.2) is 0 Å². The molecule has 21 heavy (non-hydrogen) atoms. The third-order valence-corrected chi connectivity index (χ3v) is 2.51. The Hall–Kier alpha value is -2.25. The second-order valence-electron chi connectivity index (χ2n) is 4.36. The molecule has 116 valence electrons. The molecule has 0 aliphatic carbocycles. The Morgan fingerprint density at radius 3 is 2.38 bits per heavy atom. The van der Waals surface area contributed by atoms with Crippen molar-refractivity contribution >= 4 is 17.5 Å². The van der Waals surface area contributed by atoms with Gasteiger partial charge in [0.1, 0.15) is 6.54 Å². The van der Waals surface area contributed by atoms with Gasteiger partial charge in [-0.2, -0.15) is 13.2 Å². The van der Waals surface area contributed by atoms with Crippen LogP contribution in [0.2, 0.25) is 0 Å². The number of anilines is 1. The molecule has 1 aromatic rings. The number of carbonyl (C=O) groups excluding carboxylic acids is 2. The van der Waals surface area contributed by atoms with Gasteiger partial charge in [-0.1, -0.05) is 18.2 Å². The van der Waals surface area contributed by atoms with E-state index in [0.29, 0.717) is 0 Å². The van der Waals surface area contributed by atoms with Crippen molar-refractivity contribution in [2.24, 2.45) is 0 Å². The minimum atomic E-state index is -4.47. The first-order chi connectivity index (χ1) is 9.78. The second kappa shape index (κ2) is 7.51. The molecule has 0 aliphatic rings. The van der Waals surface area contributed by atoms with E-state index in [0.717, 1.165) is 10.6 Å². The van der Waals surface area contributed by atoms with Crippen LogP contribution in [-0.4, -0.2) is 49.6 Å². The molecule has 1 rings (SSSR count). The molecule has 1 aromatic carbocycles. The molecule has 5 nitrogen and oxygen atoms in total. The fourth-order valence-corrected chi connectivity index (χ4v) is 1.43. The SMILES string of the molecule is CN(CC(=O)NCC(F)(F)F)C(=O)CNc1ccccc1. The zero-order valence-corrected chi connectivity index (χ0v) is 11.4. The van der Waals surface area contributed by atoms with Crippen LogP contribution < -0.4 is 10.6 Å². The number of carbonyl (C=O) groups is 2. The number of halogens is 3. The number of nitrogens with zero attached hydrogens (tertiary/aromatic N) is 1. The van der Waals surface area contributed by atoms with Gasteiger partial charge in [0.15, 0.2) is 0 Å². The fourth-order valence-electron chi connectivity index (χ4n) is 1.43. The number of likely N-dealkylation sites (N-methyl/N-ethyl adjacent to an activating group) is 1. The van der Waals surface area contributed by atoms with Gasteiger partial charge in [-0.05, 0) is 12.1 Å². The molecule has 0 spiro atoms. The lowest BCUT2D eigenvalue weighted by atomic mass is 10.3. The number of hydrogen-bond donors (Lipinski definition) is 2. The summed E-state index contributed by atoms with van der Waals surface area (Å²) < 4.78 is 35.7. The van der Waals surface area contributed by atoms with E-state index in [1.54, 1.807) is 29.6 Å². The van der Waals surface area contributed by atoms with E-state index in [1.165, 1.54) is 7.05 Å². The Balaban J connectivity index is 2.32. The van der Waals surface area contributed by atoms with E-state index in [9.17, 15) is 22.8 Å². The molecule has 0 saturated heterocycles. The van der Waals surface area contributed by atoms with Crippen LogP contribution in [0.5, 0.6) is 0 Å². The topological polar surface area (TPSA) is 61.4 Å². The van der Waals surface area contributed by atoms with Crippen molar-refractivity contribution in [3.05, 3.63) is 30.3 Å². The molecular weight excluding hydrogens is 287 g/mol. The van der Waals surface area contributed by atoms with Gasteiger partial charge >= 0.3 is 6.18 Å². The maximum absolute atomic E-state index is 11.9. The van der Waals surface area contributed by atoms with Crippen molar-refractivity contribution < 1.29 is 22.8 Å². The molecule has 0 aromatic heterocycles. The Morgan fingerprint density at radius 1 is 1.19 bits per heavy atom. The van der Waals surface area contributed by atoms with Crippen LogP contribution in [0, 0.1) is 0 Å². The Bertz CT molecular complexity index is 477. The number of hydrogen-bond acceptors (Lipinski definition) is 3. The van der Waals surface area contributed by atoms with Gasteiger partial charge in [-0.3, -0.25) is 9.59 Å². The minimum absolute atomic E-state index is 0.0485. The summed E-state index contributed by atoms with van der Waals surface area (Å²) in [5, 5.41) is 4.56. The molecule has 0 atom stereocenters. The number of rotatable bonds is 6. The predicted molar refractivity (Wildman–Crippen MR) is 71.6 cm³/mol. The van der Waals surface area contributed by atoms with Crippen LogP contribution >= 0.6 is 0 Å². The number of para-hydroxylation sites is 1. The highest BCUT2D eigenvalue weighted by atomic mass is 19.4. The van der Waals surface area contributed by atoms with E-state index < -0.39 is 31.1 Å². The van der Waals surface area contributed by atoms with Gasteiger partial charge in [0.25, 0.3) is 0 Å². The van der Waals surface area contributed by atoms with Crippen LogP contribution in [0.4, 0.5) is 18.9 Å². The minimum Gasteiger partial charge on any atom is -0.376 e. The average molecular weight is 303 g/mol. The number of benzene rings is 1. The van der Waals surface area contributed by atoms with E-state index in [1.807, 2.05) is 6.07 Å². The summed E-state index contributed by atoms with van der Waals surface area (Å²) >= 11 is 0. The zero-order chi connectivity index (χ0) is 15.9. The Labute approximate surface area is 120 Å². The van der Waals surface area contributed by atoms with Gasteiger partial charge in [-0.15, -0.1) is 0 Å². The van der Waals surface area contributed by atoms with Crippen molar-refractivity contribution in [3.63, 3.8) is 0 Å². The molecule has 0 saturated carbocycles. The monoisotopic (exact) mass is 303 g/mol. The van der Waals surface area contributed by atoms with E-state index in [2.05, 4.69) is 5.32 Å². The Morgan fingerprint density at radius 2 is 1.81 bits per heavy atom. The molecule has 2 N–H and O–H groups in total. The lowest BCUT2D eigenvalue weighted by Gasteiger charge is -2.18. The molecule has 0 heterocycles. The standard InChI is InChI=1S/C13H16F3N3O2/c1-19(8-11(20)18-9-13(14,15)16)12(21)7-17-10-5-3-2-4-6-10/h2-6,17H,7-9H2,1H3,(H,18,20). The molecule has 0 unspecified atom stereocenters. The highest BCUT2D eigenvalue weighted by Crippen LogP contribution is 2.12. The summed E-state index contributed by atoms with van der Waals surface area (Å²) in [5.74, 6) is -1.26. The first kappa shape index (κ1) is 16.8. The summed E-state index contributed by atoms with van der Waals surface area (Å²) in [6.07, 6.45) is -4.47. The van der Waals surface area contributed by atoms with Crippen LogP contribution in [0.1, 0.15) is 0 Å². The summed E-state index contributed by atoms with van der Waals surface area (Å²) in [6, 6.07) is 8.94. The average Bonchev–Trinajstić information content (AvgIpc) is 2.43. The maximum atomic E-state index is 11.9. The first-order valence-corrected chi connectivity index (χ1v) is 6.14. The van der Waals surface area contributed by atoms with E-state index in [4.69, 9.17) is 0 Å². The highest BCUT2D eigenvalue weighted by molar-refractivity contribution is 5.86. The zero-order valence-electron chi connectivity index (χ0n) is 11.4. The van der Waals surface area contributed by atoms with Crippen LogP contribution in [0.3, 0.4) is 0 Å². The quantitative estimate of drug-likeness (QED) is 0.831. The van der Waals surface area contributed by atoms with Crippen molar-refractivity contribution in [1.29, 1.82) is 0 Å². The number of nitrogens with one attached hydrogen (secondary N) is 2. The van der Waals surface area contributed by atoms with Crippen LogP contribution in [0.25, 0.3) is 0 Å².